The molecule has 5 heteroatoms. The lowest BCUT2D eigenvalue weighted by Gasteiger charge is -2.10. The second kappa shape index (κ2) is 8.51. The Labute approximate surface area is 144 Å². The first-order valence-corrected chi connectivity index (χ1v) is 7.99. The van der Waals surface area contributed by atoms with Gasteiger partial charge in [0.2, 0.25) is 0 Å². The SMILES string of the molecule is CCOC(=O)C=C(CCc1ccc(C(F)(F)F)cc1)c1ccccc1. The molecule has 0 saturated heterocycles. The summed E-state index contributed by atoms with van der Waals surface area (Å²) in [5, 5.41) is 0. The maximum Gasteiger partial charge on any atom is 0.416 e. The van der Waals surface area contributed by atoms with Gasteiger partial charge in [-0.2, -0.15) is 13.2 Å². The molecule has 0 aliphatic heterocycles. The van der Waals surface area contributed by atoms with Crippen LogP contribution in [0, 0.1) is 0 Å². The second-order valence-corrected chi connectivity index (χ2v) is 5.48. The molecular weight excluding hydrogens is 329 g/mol. The molecule has 0 aromatic heterocycles. The zero-order valence-corrected chi connectivity index (χ0v) is 13.8. The molecule has 0 radical (unpaired) electrons. The van der Waals surface area contributed by atoms with E-state index in [9.17, 15) is 18.0 Å². The van der Waals surface area contributed by atoms with E-state index < -0.39 is 17.7 Å². The third-order valence-corrected chi connectivity index (χ3v) is 3.69. The van der Waals surface area contributed by atoms with Crippen molar-refractivity contribution in [1.82, 2.24) is 0 Å². The van der Waals surface area contributed by atoms with Crippen molar-refractivity contribution in [3.63, 3.8) is 0 Å². The summed E-state index contributed by atoms with van der Waals surface area (Å²) in [6, 6.07) is 14.5. The second-order valence-electron chi connectivity index (χ2n) is 5.48. The number of carbonyl (C=O) groups is 1. The topological polar surface area (TPSA) is 26.3 Å². The first-order chi connectivity index (χ1) is 11.9. The van der Waals surface area contributed by atoms with Crippen LogP contribution < -0.4 is 0 Å². The molecule has 2 aromatic rings. The minimum atomic E-state index is -4.34. The number of allylic oxidation sites excluding steroid dienone is 1. The van der Waals surface area contributed by atoms with Gasteiger partial charge in [0.25, 0.3) is 0 Å². The number of ether oxygens (including phenoxy) is 1. The Bertz CT molecular complexity index is 717. The Morgan fingerprint density at radius 3 is 2.24 bits per heavy atom. The molecule has 25 heavy (non-hydrogen) atoms. The Morgan fingerprint density at radius 2 is 1.68 bits per heavy atom. The van der Waals surface area contributed by atoms with Gasteiger partial charge in [-0.05, 0) is 48.6 Å². The van der Waals surface area contributed by atoms with E-state index in [2.05, 4.69) is 0 Å². The Balaban J connectivity index is 2.13. The Kier molecular flexibility index (Phi) is 6.39. The van der Waals surface area contributed by atoms with Crippen molar-refractivity contribution in [3.8, 4) is 0 Å². The van der Waals surface area contributed by atoms with Crippen LogP contribution >= 0.6 is 0 Å². The summed E-state index contributed by atoms with van der Waals surface area (Å²) in [5.41, 5.74) is 1.79. The average molecular weight is 348 g/mol. The Morgan fingerprint density at radius 1 is 1.04 bits per heavy atom. The monoisotopic (exact) mass is 348 g/mol. The highest BCUT2D eigenvalue weighted by Crippen LogP contribution is 2.29. The van der Waals surface area contributed by atoms with E-state index in [4.69, 9.17) is 4.74 Å². The summed E-state index contributed by atoms with van der Waals surface area (Å²) in [5.74, 6) is -0.422. The maximum atomic E-state index is 12.6. The van der Waals surface area contributed by atoms with Gasteiger partial charge in [-0.3, -0.25) is 0 Å². The normalized spacial score (nSPS) is 12.1. The van der Waals surface area contributed by atoms with Crippen molar-refractivity contribution >= 4 is 11.5 Å². The molecule has 0 unspecified atom stereocenters. The number of benzene rings is 2. The van der Waals surface area contributed by atoms with E-state index in [1.807, 2.05) is 30.3 Å². The number of hydrogen-bond donors (Lipinski definition) is 0. The Hall–Kier alpha value is -2.56. The van der Waals surface area contributed by atoms with Crippen LogP contribution in [-0.2, 0) is 22.1 Å². The molecule has 0 spiro atoms. The molecule has 0 aliphatic rings. The minimum Gasteiger partial charge on any atom is -0.463 e. The molecule has 0 heterocycles. The molecule has 2 aromatic carbocycles. The number of rotatable bonds is 6. The first kappa shape index (κ1) is 18.8. The predicted octanol–water partition coefficient (Wildman–Crippen LogP) is 5.28. The number of carbonyl (C=O) groups excluding carboxylic acids is 1. The highest BCUT2D eigenvalue weighted by atomic mass is 19.4. The fourth-order valence-electron chi connectivity index (χ4n) is 2.42. The van der Waals surface area contributed by atoms with E-state index in [0.717, 1.165) is 28.8 Å². The van der Waals surface area contributed by atoms with Crippen molar-refractivity contribution in [3.05, 3.63) is 77.4 Å². The van der Waals surface area contributed by atoms with Crippen LogP contribution in [0.1, 0.15) is 30.0 Å². The summed E-state index contributed by atoms with van der Waals surface area (Å²) < 4.78 is 42.8. The lowest BCUT2D eigenvalue weighted by atomic mass is 9.97. The molecule has 0 bridgehead atoms. The maximum absolute atomic E-state index is 12.6. The molecule has 0 amide bonds. The van der Waals surface area contributed by atoms with Crippen LogP contribution in [0.5, 0.6) is 0 Å². The molecule has 0 saturated carbocycles. The molecule has 0 N–H and O–H groups in total. The molecule has 0 atom stereocenters. The van der Waals surface area contributed by atoms with Crippen LogP contribution in [-0.4, -0.2) is 12.6 Å². The molecule has 0 fully saturated rings. The fraction of sp³-hybridized carbons (Fsp3) is 0.250. The summed E-state index contributed by atoms with van der Waals surface area (Å²) in [6.45, 7) is 2.02. The van der Waals surface area contributed by atoms with E-state index in [-0.39, 0.29) is 6.61 Å². The lowest BCUT2D eigenvalue weighted by Crippen LogP contribution is -2.04. The van der Waals surface area contributed by atoms with Crippen molar-refractivity contribution in [2.75, 3.05) is 6.61 Å². The van der Waals surface area contributed by atoms with Gasteiger partial charge in [-0.25, -0.2) is 4.79 Å². The van der Waals surface area contributed by atoms with Crippen molar-refractivity contribution in [1.29, 1.82) is 0 Å². The largest absolute Gasteiger partial charge is 0.463 e. The van der Waals surface area contributed by atoms with E-state index in [0.29, 0.717) is 12.8 Å². The van der Waals surface area contributed by atoms with Gasteiger partial charge in [0.15, 0.2) is 0 Å². The number of alkyl halides is 3. The number of hydrogen-bond acceptors (Lipinski definition) is 2. The van der Waals surface area contributed by atoms with Crippen LogP contribution in [0.25, 0.3) is 5.57 Å². The van der Waals surface area contributed by atoms with Gasteiger partial charge in [0.05, 0.1) is 12.2 Å². The van der Waals surface area contributed by atoms with Gasteiger partial charge in [0, 0.05) is 6.08 Å². The molecule has 2 rings (SSSR count). The van der Waals surface area contributed by atoms with Gasteiger partial charge in [-0.15, -0.1) is 0 Å². The quantitative estimate of drug-likeness (QED) is 0.524. The third-order valence-electron chi connectivity index (χ3n) is 3.69. The zero-order valence-electron chi connectivity index (χ0n) is 13.8. The highest BCUT2D eigenvalue weighted by molar-refractivity contribution is 5.91. The number of aryl methyl sites for hydroxylation is 1. The number of esters is 1. The zero-order chi connectivity index (χ0) is 18.3. The van der Waals surface area contributed by atoms with Crippen molar-refractivity contribution in [2.45, 2.75) is 25.9 Å². The minimum absolute atomic E-state index is 0.288. The summed E-state index contributed by atoms with van der Waals surface area (Å²) in [7, 11) is 0. The predicted molar refractivity (Wildman–Crippen MR) is 90.8 cm³/mol. The molecular formula is C20H19F3O2. The smallest absolute Gasteiger partial charge is 0.416 e. The van der Waals surface area contributed by atoms with Crippen molar-refractivity contribution < 1.29 is 22.7 Å². The number of halogens is 3. The summed E-state index contributed by atoms with van der Waals surface area (Å²) in [6.07, 6.45) is -1.84. The lowest BCUT2D eigenvalue weighted by molar-refractivity contribution is -0.138. The van der Waals surface area contributed by atoms with Gasteiger partial charge in [-0.1, -0.05) is 42.5 Å². The standard InChI is InChI=1S/C20H19F3O2/c1-2-25-19(24)14-17(16-6-4-3-5-7-16)11-8-15-9-12-18(13-10-15)20(21,22)23/h3-7,9-10,12-14H,2,8,11H2,1H3. The molecule has 132 valence electrons. The molecule has 2 nitrogen and oxygen atoms in total. The van der Waals surface area contributed by atoms with Gasteiger partial charge >= 0.3 is 12.1 Å². The van der Waals surface area contributed by atoms with Crippen LogP contribution in [0.4, 0.5) is 13.2 Å². The van der Waals surface area contributed by atoms with E-state index in [1.165, 1.54) is 18.2 Å². The molecule has 0 aliphatic carbocycles. The van der Waals surface area contributed by atoms with Crippen LogP contribution in [0.15, 0.2) is 60.7 Å². The highest BCUT2D eigenvalue weighted by Gasteiger charge is 2.29. The van der Waals surface area contributed by atoms with Gasteiger partial charge in [0.1, 0.15) is 0 Å². The summed E-state index contributed by atoms with van der Waals surface area (Å²) >= 11 is 0. The fourth-order valence-corrected chi connectivity index (χ4v) is 2.42. The van der Waals surface area contributed by atoms with Crippen LogP contribution in [0.2, 0.25) is 0 Å². The van der Waals surface area contributed by atoms with Crippen molar-refractivity contribution in [2.24, 2.45) is 0 Å². The first-order valence-electron chi connectivity index (χ1n) is 7.99. The van der Waals surface area contributed by atoms with E-state index >= 15 is 0 Å². The third kappa shape index (κ3) is 5.78. The summed E-state index contributed by atoms with van der Waals surface area (Å²) in [4.78, 5) is 11.8. The van der Waals surface area contributed by atoms with Crippen LogP contribution in [0.3, 0.4) is 0 Å². The van der Waals surface area contributed by atoms with E-state index in [1.54, 1.807) is 6.92 Å². The van der Waals surface area contributed by atoms with Gasteiger partial charge < -0.3 is 4.74 Å². The average Bonchev–Trinajstić information content (AvgIpc) is 2.59.